The van der Waals surface area contributed by atoms with E-state index in [1.165, 1.54) is 11.2 Å². The fourth-order valence-corrected chi connectivity index (χ4v) is 5.39. The van der Waals surface area contributed by atoms with Gasteiger partial charge in [0.2, 0.25) is 0 Å². The summed E-state index contributed by atoms with van der Waals surface area (Å²) in [5, 5.41) is -0.713. The molecule has 1 saturated heterocycles. The first-order valence-corrected chi connectivity index (χ1v) is 9.92. The second-order valence-electron chi connectivity index (χ2n) is 4.34. The number of carbonyl (C=O) groups is 1. The summed E-state index contributed by atoms with van der Waals surface area (Å²) >= 11 is 3.67. The minimum absolute atomic E-state index is 0.194. The highest BCUT2D eigenvalue weighted by atomic mass is 127. The number of hydrogen-bond acceptors (Lipinski definition) is 4. The van der Waals surface area contributed by atoms with Crippen molar-refractivity contribution in [1.29, 1.82) is 0 Å². The molecule has 2 rings (SSSR count). The molecular formula is C12H14INO3S2. The van der Waals surface area contributed by atoms with E-state index in [1.54, 1.807) is 23.9 Å². The molecule has 4 nitrogen and oxygen atoms in total. The summed E-state index contributed by atoms with van der Waals surface area (Å²) in [7, 11) is -3.26. The third-order valence-corrected chi connectivity index (χ3v) is 6.53. The van der Waals surface area contributed by atoms with Crippen LogP contribution in [0.5, 0.6) is 0 Å². The molecule has 0 aliphatic carbocycles. The zero-order valence-electron chi connectivity index (χ0n) is 10.4. The minimum Gasteiger partial charge on any atom is -0.320 e. The molecule has 1 aromatic carbocycles. The van der Waals surface area contributed by atoms with Gasteiger partial charge in [-0.3, -0.25) is 4.79 Å². The van der Waals surface area contributed by atoms with Crippen LogP contribution >= 0.6 is 34.4 Å². The van der Waals surface area contributed by atoms with Crippen LogP contribution in [0.3, 0.4) is 0 Å². The molecule has 0 saturated carbocycles. The van der Waals surface area contributed by atoms with Crippen LogP contribution in [-0.4, -0.2) is 48.9 Å². The Morgan fingerprint density at radius 1 is 1.42 bits per heavy atom. The number of nitrogens with zero attached hydrogens (tertiary/aromatic N) is 1. The summed E-state index contributed by atoms with van der Waals surface area (Å²) in [6, 6.07) is 7.25. The van der Waals surface area contributed by atoms with Gasteiger partial charge in [-0.2, -0.15) is 11.8 Å². The normalized spacial score (nSPS) is 20.3. The fraction of sp³-hybridized carbons (Fsp3) is 0.417. The van der Waals surface area contributed by atoms with Gasteiger partial charge in [0, 0.05) is 27.9 Å². The van der Waals surface area contributed by atoms with E-state index in [1.807, 2.05) is 12.1 Å². The van der Waals surface area contributed by atoms with Crippen LogP contribution in [0.4, 0.5) is 0 Å². The first-order valence-electron chi connectivity index (χ1n) is 5.73. The summed E-state index contributed by atoms with van der Waals surface area (Å²) in [4.78, 5) is 14.0. The zero-order valence-corrected chi connectivity index (χ0v) is 14.2. The molecule has 1 heterocycles. The average molecular weight is 411 g/mol. The van der Waals surface area contributed by atoms with E-state index in [9.17, 15) is 13.2 Å². The Morgan fingerprint density at radius 2 is 2.11 bits per heavy atom. The molecule has 1 amide bonds. The van der Waals surface area contributed by atoms with Crippen molar-refractivity contribution < 1.29 is 13.2 Å². The monoisotopic (exact) mass is 411 g/mol. The summed E-state index contributed by atoms with van der Waals surface area (Å²) < 4.78 is 24.5. The van der Waals surface area contributed by atoms with Crippen LogP contribution in [0.2, 0.25) is 0 Å². The van der Waals surface area contributed by atoms with E-state index in [2.05, 4.69) is 22.6 Å². The maximum Gasteiger partial charge on any atom is 0.256 e. The predicted octanol–water partition coefficient (Wildman–Crippen LogP) is 1.85. The number of rotatable bonds is 2. The van der Waals surface area contributed by atoms with Crippen LogP contribution in [0.15, 0.2) is 24.3 Å². The zero-order chi connectivity index (χ0) is 14.0. The second-order valence-corrected chi connectivity index (χ2v) is 8.85. The van der Waals surface area contributed by atoms with Crippen molar-refractivity contribution in [2.24, 2.45) is 0 Å². The van der Waals surface area contributed by atoms with Crippen molar-refractivity contribution in [2.45, 2.75) is 5.37 Å². The van der Waals surface area contributed by atoms with Crippen LogP contribution in [0.25, 0.3) is 0 Å². The second kappa shape index (κ2) is 6.01. The number of hydrogen-bond donors (Lipinski definition) is 0. The van der Waals surface area contributed by atoms with Crippen LogP contribution < -0.4 is 0 Å². The highest BCUT2D eigenvalue weighted by Crippen LogP contribution is 2.24. The van der Waals surface area contributed by atoms with Gasteiger partial charge in [0.15, 0.2) is 9.84 Å². The number of sulfone groups is 1. The first-order chi connectivity index (χ1) is 8.91. The lowest BCUT2D eigenvalue weighted by Crippen LogP contribution is -2.50. The largest absolute Gasteiger partial charge is 0.320 e. The third-order valence-electron chi connectivity index (χ3n) is 2.94. The summed E-state index contributed by atoms with van der Waals surface area (Å²) in [6.45, 7) is 0.478. The maximum atomic E-state index is 12.5. The molecule has 19 heavy (non-hydrogen) atoms. The van der Waals surface area contributed by atoms with Crippen molar-refractivity contribution in [3.63, 3.8) is 0 Å². The number of carbonyl (C=O) groups excluding carboxylic acids is 1. The van der Waals surface area contributed by atoms with Gasteiger partial charge in [0.25, 0.3) is 5.91 Å². The van der Waals surface area contributed by atoms with E-state index in [-0.39, 0.29) is 5.91 Å². The molecule has 1 aliphatic rings. The standard InChI is InChI=1S/C12H14INO3S2/c1-19(16,17)11-8-18-7-6-14(11)12(15)9-4-2-3-5-10(9)13/h2-5,11H,6-8H2,1H3. The molecule has 1 unspecified atom stereocenters. The van der Waals surface area contributed by atoms with Gasteiger partial charge in [-0.05, 0) is 34.7 Å². The van der Waals surface area contributed by atoms with E-state index in [0.717, 1.165) is 9.32 Å². The van der Waals surface area contributed by atoms with E-state index in [4.69, 9.17) is 0 Å². The van der Waals surface area contributed by atoms with Crippen molar-refractivity contribution in [1.82, 2.24) is 4.90 Å². The Labute approximate surface area is 131 Å². The predicted molar refractivity (Wildman–Crippen MR) is 86.2 cm³/mol. The average Bonchev–Trinajstić information content (AvgIpc) is 2.37. The Balaban J connectivity index is 2.34. The van der Waals surface area contributed by atoms with E-state index < -0.39 is 15.2 Å². The van der Waals surface area contributed by atoms with Crippen LogP contribution in [-0.2, 0) is 9.84 Å². The van der Waals surface area contributed by atoms with Crippen LogP contribution in [0.1, 0.15) is 10.4 Å². The summed E-state index contributed by atoms with van der Waals surface area (Å²) in [5.41, 5.74) is 0.573. The van der Waals surface area contributed by atoms with Crippen molar-refractivity contribution in [2.75, 3.05) is 24.3 Å². The molecule has 7 heteroatoms. The number of thioether (sulfide) groups is 1. The Bertz CT molecular complexity index is 588. The third kappa shape index (κ3) is 3.43. The highest BCUT2D eigenvalue weighted by molar-refractivity contribution is 14.1. The van der Waals surface area contributed by atoms with Gasteiger partial charge in [-0.25, -0.2) is 8.42 Å². The van der Waals surface area contributed by atoms with E-state index in [0.29, 0.717) is 17.9 Å². The summed E-state index contributed by atoms with van der Waals surface area (Å²) in [5.74, 6) is 1.04. The van der Waals surface area contributed by atoms with Gasteiger partial charge in [0.05, 0.1) is 5.56 Å². The molecule has 0 aromatic heterocycles. The van der Waals surface area contributed by atoms with Crippen molar-refractivity contribution in [3.05, 3.63) is 33.4 Å². The van der Waals surface area contributed by atoms with Gasteiger partial charge in [-0.15, -0.1) is 0 Å². The number of halogens is 1. The lowest BCUT2D eigenvalue weighted by Gasteiger charge is -2.34. The molecular weight excluding hydrogens is 397 g/mol. The lowest BCUT2D eigenvalue weighted by atomic mass is 10.2. The number of benzene rings is 1. The Kier molecular flexibility index (Phi) is 4.78. The van der Waals surface area contributed by atoms with Gasteiger partial charge in [0.1, 0.15) is 5.37 Å². The summed E-state index contributed by atoms with van der Waals surface area (Å²) in [6.07, 6.45) is 1.19. The topological polar surface area (TPSA) is 54.5 Å². The molecule has 1 aromatic rings. The van der Waals surface area contributed by atoms with Gasteiger partial charge in [-0.1, -0.05) is 12.1 Å². The molecule has 0 N–H and O–H groups in total. The first kappa shape index (κ1) is 15.1. The molecule has 0 bridgehead atoms. The Morgan fingerprint density at radius 3 is 2.74 bits per heavy atom. The Hall–Kier alpha value is -0.280. The minimum atomic E-state index is -3.26. The molecule has 0 radical (unpaired) electrons. The SMILES string of the molecule is CS(=O)(=O)C1CSCCN1C(=O)c1ccccc1I. The molecule has 1 aliphatic heterocycles. The number of amides is 1. The molecule has 1 fully saturated rings. The smallest absolute Gasteiger partial charge is 0.256 e. The molecule has 0 spiro atoms. The van der Waals surface area contributed by atoms with Gasteiger partial charge >= 0.3 is 0 Å². The van der Waals surface area contributed by atoms with Crippen LogP contribution in [0, 0.1) is 3.57 Å². The maximum absolute atomic E-state index is 12.5. The lowest BCUT2D eigenvalue weighted by molar-refractivity contribution is 0.0748. The quantitative estimate of drug-likeness (QED) is 0.698. The fourth-order valence-electron chi connectivity index (χ4n) is 1.96. The molecule has 1 atom stereocenters. The molecule has 104 valence electrons. The van der Waals surface area contributed by atoms with Gasteiger partial charge < -0.3 is 4.90 Å². The van der Waals surface area contributed by atoms with Crippen molar-refractivity contribution >= 4 is 50.1 Å². The highest BCUT2D eigenvalue weighted by Gasteiger charge is 2.35. The van der Waals surface area contributed by atoms with E-state index >= 15 is 0 Å². The van der Waals surface area contributed by atoms with Crippen molar-refractivity contribution in [3.8, 4) is 0 Å².